The second-order valence-corrected chi connectivity index (χ2v) is 7.42. The number of anilines is 3. The molecule has 27 heavy (non-hydrogen) atoms. The summed E-state index contributed by atoms with van der Waals surface area (Å²) in [7, 11) is 0. The number of carbonyl (C=O) groups excluding carboxylic acids is 2. The Hall–Kier alpha value is -3.19. The fraction of sp³-hybridized carbons (Fsp3) is 0.150. The third-order valence-electron chi connectivity index (χ3n) is 4.42. The van der Waals surface area contributed by atoms with E-state index in [1.54, 1.807) is 35.4 Å². The number of hydrogen-bond donors (Lipinski definition) is 2. The van der Waals surface area contributed by atoms with Crippen LogP contribution in [0.5, 0.6) is 0 Å². The first-order valence-electron chi connectivity index (χ1n) is 8.56. The number of fused-ring (bicyclic) bond motifs is 3. The lowest BCUT2D eigenvalue weighted by molar-refractivity contribution is -0.114. The summed E-state index contributed by atoms with van der Waals surface area (Å²) in [5.74, 6) is -0.242. The van der Waals surface area contributed by atoms with Crippen molar-refractivity contribution in [1.29, 1.82) is 0 Å². The van der Waals surface area contributed by atoms with Gasteiger partial charge in [0, 0.05) is 30.9 Å². The standard InChI is InChI=1S/C20H18N4O2S/c1-12(25)23-15-6-4-13(5-7-15)20(26)24-10-8-14-11-17(21)27-19(14)18-16(24)3-2-9-22-18/h2-7,9,11H,8,10,21H2,1H3,(H,23,25). The van der Waals surface area contributed by atoms with Crippen LogP contribution in [0.15, 0.2) is 48.7 Å². The number of aromatic nitrogens is 1. The lowest BCUT2D eigenvalue weighted by atomic mass is 10.1. The molecule has 0 fully saturated rings. The molecule has 3 aromatic rings. The predicted molar refractivity (Wildman–Crippen MR) is 108 cm³/mol. The molecular weight excluding hydrogens is 360 g/mol. The lowest BCUT2D eigenvalue weighted by Gasteiger charge is -2.22. The van der Waals surface area contributed by atoms with Gasteiger partial charge in [-0.25, -0.2) is 0 Å². The second-order valence-electron chi connectivity index (χ2n) is 6.34. The molecule has 3 heterocycles. The molecule has 0 bridgehead atoms. The molecule has 0 saturated carbocycles. The maximum atomic E-state index is 13.2. The van der Waals surface area contributed by atoms with Gasteiger partial charge in [0.1, 0.15) is 5.69 Å². The Bertz CT molecular complexity index is 1030. The van der Waals surface area contributed by atoms with Gasteiger partial charge < -0.3 is 16.0 Å². The third kappa shape index (κ3) is 3.29. The van der Waals surface area contributed by atoms with E-state index in [1.165, 1.54) is 18.3 Å². The molecule has 0 aliphatic carbocycles. The van der Waals surface area contributed by atoms with Crippen molar-refractivity contribution in [2.75, 3.05) is 22.5 Å². The molecule has 0 atom stereocenters. The Morgan fingerprint density at radius 3 is 2.74 bits per heavy atom. The van der Waals surface area contributed by atoms with Gasteiger partial charge in [-0.15, -0.1) is 11.3 Å². The molecule has 2 aromatic heterocycles. The van der Waals surface area contributed by atoms with Crippen LogP contribution >= 0.6 is 11.3 Å². The molecule has 2 amide bonds. The van der Waals surface area contributed by atoms with Gasteiger partial charge in [-0.05, 0) is 54.4 Å². The minimum Gasteiger partial charge on any atom is -0.391 e. The van der Waals surface area contributed by atoms with Crippen LogP contribution in [0, 0.1) is 0 Å². The molecule has 136 valence electrons. The first-order chi connectivity index (χ1) is 13.0. The Labute approximate surface area is 160 Å². The highest BCUT2D eigenvalue weighted by molar-refractivity contribution is 7.19. The Balaban J connectivity index is 1.69. The van der Waals surface area contributed by atoms with Crippen LogP contribution in [0.2, 0.25) is 0 Å². The molecule has 0 radical (unpaired) electrons. The first-order valence-corrected chi connectivity index (χ1v) is 9.37. The van der Waals surface area contributed by atoms with Crippen molar-refractivity contribution < 1.29 is 9.59 Å². The highest BCUT2D eigenvalue weighted by Gasteiger charge is 2.27. The summed E-state index contributed by atoms with van der Waals surface area (Å²) < 4.78 is 0. The van der Waals surface area contributed by atoms with Gasteiger partial charge in [0.05, 0.1) is 15.6 Å². The molecule has 0 saturated heterocycles. The Kier molecular flexibility index (Phi) is 4.37. The van der Waals surface area contributed by atoms with Crippen molar-refractivity contribution in [2.24, 2.45) is 0 Å². The van der Waals surface area contributed by atoms with Gasteiger partial charge in [-0.2, -0.15) is 0 Å². The van der Waals surface area contributed by atoms with E-state index in [1.807, 2.05) is 18.2 Å². The van der Waals surface area contributed by atoms with Gasteiger partial charge in [0.15, 0.2) is 0 Å². The maximum Gasteiger partial charge on any atom is 0.258 e. The quantitative estimate of drug-likeness (QED) is 0.714. The summed E-state index contributed by atoms with van der Waals surface area (Å²) in [5, 5.41) is 3.46. The Morgan fingerprint density at radius 1 is 1.22 bits per heavy atom. The van der Waals surface area contributed by atoms with Crippen LogP contribution in [0.4, 0.5) is 16.4 Å². The summed E-state index contributed by atoms with van der Waals surface area (Å²) in [6, 6.07) is 12.6. The zero-order valence-corrected chi connectivity index (χ0v) is 15.5. The van der Waals surface area contributed by atoms with Crippen LogP contribution in [0.3, 0.4) is 0 Å². The number of nitrogens with one attached hydrogen (secondary N) is 1. The largest absolute Gasteiger partial charge is 0.391 e. The van der Waals surface area contributed by atoms with E-state index in [9.17, 15) is 9.59 Å². The van der Waals surface area contributed by atoms with Crippen molar-refractivity contribution in [3.8, 4) is 10.6 Å². The molecule has 1 aliphatic heterocycles. The van der Waals surface area contributed by atoms with Crippen LogP contribution < -0.4 is 16.0 Å². The summed E-state index contributed by atoms with van der Waals surface area (Å²) in [6.45, 7) is 2.00. The van der Waals surface area contributed by atoms with Crippen LogP contribution in [0.25, 0.3) is 10.6 Å². The molecule has 1 aromatic carbocycles. The summed E-state index contributed by atoms with van der Waals surface area (Å²) >= 11 is 1.50. The normalized spacial score (nSPS) is 12.7. The second kappa shape index (κ2) is 6.85. The fourth-order valence-corrected chi connectivity index (χ4v) is 4.23. The van der Waals surface area contributed by atoms with E-state index in [4.69, 9.17) is 5.73 Å². The van der Waals surface area contributed by atoms with Crippen LogP contribution in [-0.2, 0) is 11.2 Å². The highest BCUT2D eigenvalue weighted by Crippen LogP contribution is 2.41. The van der Waals surface area contributed by atoms with Crippen molar-refractivity contribution >= 4 is 39.5 Å². The fourth-order valence-electron chi connectivity index (χ4n) is 3.24. The number of nitrogens with zero attached hydrogens (tertiary/aromatic N) is 2. The third-order valence-corrected chi connectivity index (χ3v) is 5.44. The Morgan fingerprint density at radius 2 is 2.00 bits per heavy atom. The average Bonchev–Trinajstić information content (AvgIpc) is 2.95. The summed E-state index contributed by atoms with van der Waals surface area (Å²) in [6.07, 6.45) is 2.45. The van der Waals surface area contributed by atoms with Gasteiger partial charge in [-0.3, -0.25) is 14.6 Å². The van der Waals surface area contributed by atoms with Crippen molar-refractivity contribution in [3.63, 3.8) is 0 Å². The minimum absolute atomic E-state index is 0.0956. The van der Waals surface area contributed by atoms with E-state index in [0.717, 1.165) is 33.2 Å². The molecular formula is C20H18N4O2S. The molecule has 3 N–H and O–H groups in total. The smallest absolute Gasteiger partial charge is 0.258 e. The number of rotatable bonds is 2. The minimum atomic E-state index is -0.146. The summed E-state index contributed by atoms with van der Waals surface area (Å²) in [4.78, 5) is 31.6. The van der Waals surface area contributed by atoms with Crippen molar-refractivity contribution in [1.82, 2.24) is 4.98 Å². The number of nitrogen functional groups attached to an aromatic ring is 1. The molecule has 4 rings (SSSR count). The maximum absolute atomic E-state index is 13.2. The molecule has 0 spiro atoms. The summed E-state index contributed by atoms with van der Waals surface area (Å²) in [5.41, 5.74) is 9.89. The van der Waals surface area contributed by atoms with E-state index in [-0.39, 0.29) is 11.8 Å². The first kappa shape index (κ1) is 17.2. The zero-order chi connectivity index (χ0) is 19.0. The van der Waals surface area contributed by atoms with E-state index in [2.05, 4.69) is 10.3 Å². The van der Waals surface area contributed by atoms with Gasteiger partial charge in [0.25, 0.3) is 5.91 Å². The van der Waals surface area contributed by atoms with Gasteiger partial charge in [0.2, 0.25) is 5.91 Å². The number of amides is 2. The number of carbonyl (C=O) groups is 2. The van der Waals surface area contributed by atoms with Crippen molar-refractivity contribution in [2.45, 2.75) is 13.3 Å². The van der Waals surface area contributed by atoms with Gasteiger partial charge >= 0.3 is 0 Å². The zero-order valence-electron chi connectivity index (χ0n) is 14.7. The number of thiophene rings is 1. The van der Waals surface area contributed by atoms with E-state index >= 15 is 0 Å². The molecule has 0 unspecified atom stereocenters. The highest BCUT2D eigenvalue weighted by atomic mass is 32.1. The SMILES string of the molecule is CC(=O)Nc1ccc(C(=O)N2CCc3cc(N)sc3-c3ncccc32)cc1. The predicted octanol–water partition coefficient (Wildman–Crippen LogP) is 3.55. The van der Waals surface area contributed by atoms with E-state index < -0.39 is 0 Å². The number of nitrogens with two attached hydrogens (primary N) is 1. The van der Waals surface area contributed by atoms with Crippen molar-refractivity contribution in [3.05, 3.63) is 59.8 Å². The topological polar surface area (TPSA) is 88.3 Å². The molecule has 1 aliphatic rings. The lowest BCUT2D eigenvalue weighted by Crippen LogP contribution is -2.32. The monoisotopic (exact) mass is 378 g/mol. The van der Waals surface area contributed by atoms with E-state index in [0.29, 0.717) is 17.8 Å². The number of benzene rings is 1. The number of hydrogen-bond acceptors (Lipinski definition) is 5. The van der Waals surface area contributed by atoms with Crippen LogP contribution in [-0.4, -0.2) is 23.3 Å². The average molecular weight is 378 g/mol. The molecule has 7 heteroatoms. The van der Waals surface area contributed by atoms with Crippen LogP contribution in [0.1, 0.15) is 22.8 Å². The number of pyridine rings is 1. The van der Waals surface area contributed by atoms with Gasteiger partial charge in [-0.1, -0.05) is 0 Å². The molecule has 6 nitrogen and oxygen atoms in total.